The number of unbranched alkanes of at least 4 members (excludes halogenated alkanes) is 26. The van der Waals surface area contributed by atoms with Gasteiger partial charge in [0.2, 0.25) is 5.91 Å². The Morgan fingerprint density at radius 3 is 1.41 bits per heavy atom. The molecule has 0 saturated carbocycles. The van der Waals surface area contributed by atoms with Crippen molar-refractivity contribution in [2.45, 2.75) is 257 Å². The quantitative estimate of drug-likeness (QED) is 0.0323. The van der Waals surface area contributed by atoms with E-state index < -0.39 is 12.1 Å². The fourth-order valence-electron chi connectivity index (χ4n) is 7.25. The molecule has 0 aromatic rings. The summed E-state index contributed by atoms with van der Waals surface area (Å²) in [6.45, 7) is 4.80. The number of esters is 1. The highest BCUT2D eigenvalue weighted by molar-refractivity contribution is 5.76. The van der Waals surface area contributed by atoms with Crippen molar-refractivity contribution < 1.29 is 24.5 Å². The summed E-state index contributed by atoms with van der Waals surface area (Å²) in [6, 6.07) is -0.586. The summed E-state index contributed by atoms with van der Waals surface area (Å²) in [4.78, 5) is 24.4. The molecule has 0 fully saturated rings. The van der Waals surface area contributed by atoms with Gasteiger partial charge in [-0.3, -0.25) is 9.59 Å². The van der Waals surface area contributed by atoms with Gasteiger partial charge in [0.1, 0.15) is 0 Å². The first kappa shape index (κ1) is 55.8. The highest BCUT2D eigenvalue weighted by Crippen LogP contribution is 2.15. The maximum Gasteiger partial charge on any atom is 0.305 e. The molecule has 6 heteroatoms. The van der Waals surface area contributed by atoms with Crippen LogP contribution in [0.5, 0.6) is 0 Å². The standard InChI is InChI=1S/C52H95NO5/c1-3-5-7-9-11-13-15-17-18-21-24-28-32-36-40-44-50(55)49(48-54)53-51(56)45-41-37-33-29-25-22-19-23-27-31-35-39-43-47-58-52(57)46-42-38-34-30-26-20-16-14-12-10-8-6-4-2/h8,10,14,16,22,25,33,37,49-50,54-55H,3-7,9,11-13,15,17-21,23-24,26-32,34-36,38-48H2,1-2H3,(H,53,56)/b10-8-,16-14-,25-22-,37-33-. The van der Waals surface area contributed by atoms with Crippen LogP contribution in [-0.2, 0) is 14.3 Å². The fourth-order valence-corrected chi connectivity index (χ4v) is 7.25. The second kappa shape index (κ2) is 47.5. The van der Waals surface area contributed by atoms with Crippen LogP contribution in [0.4, 0.5) is 0 Å². The van der Waals surface area contributed by atoms with Crippen molar-refractivity contribution in [3.63, 3.8) is 0 Å². The Balaban J connectivity index is 3.58. The van der Waals surface area contributed by atoms with Crippen molar-refractivity contribution in [2.24, 2.45) is 0 Å². The minimum absolute atomic E-state index is 0.0332. The average Bonchev–Trinajstić information content (AvgIpc) is 3.22. The largest absolute Gasteiger partial charge is 0.466 e. The molecule has 0 aromatic carbocycles. The lowest BCUT2D eigenvalue weighted by atomic mass is 10.0. The highest BCUT2D eigenvalue weighted by Gasteiger charge is 2.19. The van der Waals surface area contributed by atoms with Gasteiger partial charge < -0.3 is 20.3 Å². The molecule has 0 saturated heterocycles. The van der Waals surface area contributed by atoms with E-state index in [2.05, 4.69) is 61.7 Å². The van der Waals surface area contributed by atoms with Crippen LogP contribution >= 0.6 is 0 Å². The number of hydrogen-bond donors (Lipinski definition) is 3. The van der Waals surface area contributed by atoms with Crippen molar-refractivity contribution in [1.29, 1.82) is 0 Å². The first-order valence-electron chi connectivity index (χ1n) is 24.9. The second-order valence-electron chi connectivity index (χ2n) is 16.8. The maximum absolute atomic E-state index is 12.4. The number of aliphatic hydroxyl groups excluding tert-OH is 2. The van der Waals surface area contributed by atoms with Crippen LogP contribution in [0.3, 0.4) is 0 Å². The smallest absolute Gasteiger partial charge is 0.305 e. The predicted molar refractivity (Wildman–Crippen MR) is 250 cm³/mol. The third kappa shape index (κ3) is 43.4. The first-order valence-corrected chi connectivity index (χ1v) is 24.9. The van der Waals surface area contributed by atoms with Gasteiger partial charge >= 0.3 is 5.97 Å². The third-order valence-electron chi connectivity index (χ3n) is 11.1. The Kier molecular flexibility index (Phi) is 45.7. The molecule has 0 rings (SSSR count). The Labute approximate surface area is 359 Å². The summed E-state index contributed by atoms with van der Waals surface area (Å²) in [5.41, 5.74) is 0. The van der Waals surface area contributed by atoms with Crippen LogP contribution in [-0.4, -0.2) is 47.4 Å². The molecule has 2 unspecified atom stereocenters. The zero-order chi connectivity index (χ0) is 42.3. The normalized spacial score (nSPS) is 13.1. The van der Waals surface area contributed by atoms with Gasteiger partial charge in [0, 0.05) is 12.8 Å². The molecular formula is C52H95NO5. The van der Waals surface area contributed by atoms with Crippen molar-refractivity contribution in [1.82, 2.24) is 5.32 Å². The van der Waals surface area contributed by atoms with Crippen molar-refractivity contribution >= 4 is 11.9 Å². The van der Waals surface area contributed by atoms with Gasteiger partial charge in [-0.25, -0.2) is 0 Å². The average molecular weight is 814 g/mol. The topological polar surface area (TPSA) is 95.9 Å². The molecule has 0 aliphatic rings. The lowest BCUT2D eigenvalue weighted by Crippen LogP contribution is -2.45. The lowest BCUT2D eigenvalue weighted by molar-refractivity contribution is -0.143. The van der Waals surface area contributed by atoms with Gasteiger partial charge in [0.05, 0.1) is 25.4 Å². The van der Waals surface area contributed by atoms with Gasteiger partial charge in [0.25, 0.3) is 0 Å². The Hall–Kier alpha value is -2.18. The molecule has 0 aliphatic carbocycles. The molecule has 0 aromatic heterocycles. The predicted octanol–water partition coefficient (Wildman–Crippen LogP) is 14.7. The van der Waals surface area contributed by atoms with E-state index in [0.29, 0.717) is 32.3 Å². The summed E-state index contributed by atoms with van der Waals surface area (Å²) in [6.07, 6.45) is 58.0. The zero-order valence-corrected chi connectivity index (χ0v) is 38.3. The van der Waals surface area contributed by atoms with Crippen molar-refractivity contribution in [3.05, 3.63) is 48.6 Å². The van der Waals surface area contributed by atoms with Crippen molar-refractivity contribution in [2.75, 3.05) is 13.2 Å². The second-order valence-corrected chi connectivity index (χ2v) is 16.8. The molecule has 0 heterocycles. The SMILES string of the molecule is CCC/C=C\C/C=C\CCCCCCCC(=O)OCCCCCCCC/C=C\C/C=C\CCC(=O)NC(CO)C(O)CCCCCCCCCCCCCCCCC. The zero-order valence-electron chi connectivity index (χ0n) is 38.3. The van der Waals surface area contributed by atoms with Gasteiger partial charge in [-0.05, 0) is 70.6 Å². The molecule has 0 spiro atoms. The molecule has 0 bridgehead atoms. The van der Waals surface area contributed by atoms with Gasteiger partial charge in [-0.15, -0.1) is 0 Å². The molecular weight excluding hydrogens is 719 g/mol. The summed E-state index contributed by atoms with van der Waals surface area (Å²) < 4.78 is 5.43. The van der Waals surface area contributed by atoms with Crippen LogP contribution in [0.15, 0.2) is 48.6 Å². The Morgan fingerprint density at radius 1 is 0.483 bits per heavy atom. The van der Waals surface area contributed by atoms with E-state index in [-0.39, 0.29) is 18.5 Å². The molecule has 58 heavy (non-hydrogen) atoms. The number of amides is 1. The number of nitrogens with one attached hydrogen (secondary N) is 1. The van der Waals surface area contributed by atoms with Crippen LogP contribution < -0.4 is 5.32 Å². The Bertz CT molecular complexity index is 988. The minimum Gasteiger partial charge on any atom is -0.466 e. The van der Waals surface area contributed by atoms with Crippen molar-refractivity contribution in [3.8, 4) is 0 Å². The number of carbonyl (C=O) groups is 2. The van der Waals surface area contributed by atoms with Gasteiger partial charge in [-0.2, -0.15) is 0 Å². The number of ether oxygens (including phenoxy) is 1. The Morgan fingerprint density at radius 2 is 0.914 bits per heavy atom. The molecule has 2 atom stereocenters. The lowest BCUT2D eigenvalue weighted by Gasteiger charge is -2.22. The number of rotatable bonds is 45. The van der Waals surface area contributed by atoms with E-state index in [4.69, 9.17) is 4.74 Å². The number of allylic oxidation sites excluding steroid dienone is 8. The van der Waals surface area contributed by atoms with E-state index in [1.165, 1.54) is 141 Å². The number of hydrogen-bond acceptors (Lipinski definition) is 5. The summed E-state index contributed by atoms with van der Waals surface area (Å²) in [5.74, 6) is -0.151. The third-order valence-corrected chi connectivity index (χ3v) is 11.1. The van der Waals surface area contributed by atoms with Gasteiger partial charge in [0.15, 0.2) is 0 Å². The summed E-state index contributed by atoms with van der Waals surface area (Å²) in [5, 5.41) is 23.1. The molecule has 6 nitrogen and oxygen atoms in total. The molecule has 3 N–H and O–H groups in total. The van der Waals surface area contributed by atoms with E-state index in [1.54, 1.807) is 0 Å². The summed E-state index contributed by atoms with van der Waals surface area (Å²) in [7, 11) is 0. The maximum atomic E-state index is 12.4. The molecule has 0 aliphatic heterocycles. The molecule has 0 radical (unpaired) electrons. The molecule has 338 valence electrons. The minimum atomic E-state index is -0.700. The number of carbonyl (C=O) groups excluding carboxylic acids is 2. The monoisotopic (exact) mass is 814 g/mol. The van der Waals surface area contributed by atoms with Crippen LogP contribution in [0.1, 0.15) is 245 Å². The van der Waals surface area contributed by atoms with E-state index in [0.717, 1.165) is 64.2 Å². The van der Waals surface area contributed by atoms with E-state index in [9.17, 15) is 19.8 Å². The van der Waals surface area contributed by atoms with Crippen LogP contribution in [0.25, 0.3) is 0 Å². The summed E-state index contributed by atoms with van der Waals surface area (Å²) >= 11 is 0. The van der Waals surface area contributed by atoms with Gasteiger partial charge in [-0.1, -0.05) is 210 Å². The highest BCUT2D eigenvalue weighted by atomic mass is 16.5. The van der Waals surface area contributed by atoms with Crippen LogP contribution in [0, 0.1) is 0 Å². The fraction of sp³-hybridized carbons (Fsp3) is 0.808. The van der Waals surface area contributed by atoms with E-state index >= 15 is 0 Å². The van der Waals surface area contributed by atoms with E-state index in [1.807, 2.05) is 6.08 Å². The first-order chi connectivity index (χ1) is 28.5. The number of aliphatic hydroxyl groups is 2. The van der Waals surface area contributed by atoms with Crippen LogP contribution in [0.2, 0.25) is 0 Å². The molecule has 1 amide bonds.